The maximum absolute atomic E-state index is 13.3. The van der Waals surface area contributed by atoms with Gasteiger partial charge in [0.2, 0.25) is 0 Å². The highest BCUT2D eigenvalue weighted by Gasteiger charge is 2.32. The molecule has 0 bridgehead atoms. The van der Waals surface area contributed by atoms with Crippen molar-refractivity contribution in [1.29, 1.82) is 0 Å². The first-order chi connectivity index (χ1) is 11.7. The van der Waals surface area contributed by atoms with Crippen molar-refractivity contribution in [2.24, 2.45) is 7.05 Å². The van der Waals surface area contributed by atoms with E-state index in [1.165, 1.54) is 12.1 Å². The fraction of sp³-hybridized carbons (Fsp3) is 0.500. The number of sulfone groups is 1. The minimum absolute atomic E-state index is 0.105. The minimum Gasteiger partial charge on any atom is -0.307 e. The number of hydrogen-bond acceptors (Lipinski definition) is 5. The van der Waals surface area contributed by atoms with Crippen LogP contribution in [0.5, 0.6) is 0 Å². The van der Waals surface area contributed by atoms with Crippen LogP contribution < -0.4 is 0 Å². The lowest BCUT2D eigenvalue weighted by molar-refractivity contribution is 0.243. The zero-order valence-corrected chi connectivity index (χ0v) is 15.9. The Balaban J connectivity index is 1.75. The summed E-state index contributed by atoms with van der Waals surface area (Å²) in [5.74, 6) is 0.685. The molecule has 9 heteroatoms. The van der Waals surface area contributed by atoms with E-state index >= 15 is 0 Å². The number of nitrogens with zero attached hydrogens (tertiary/aromatic N) is 4. The summed E-state index contributed by atoms with van der Waals surface area (Å²) in [5.41, 5.74) is 0.868. The standard InChI is InChI=1S/C16H21FN4O2S2/c1-19(9-12-4-3-5-14(17)8-12)11-21-16(24)20(2)15(18-21)13-6-7-25(22,23)10-13/h3-5,8,13H,6-7,9-11H2,1-2H3/t13-/m1/s1. The summed E-state index contributed by atoms with van der Waals surface area (Å²) in [6, 6.07) is 6.47. The van der Waals surface area contributed by atoms with Gasteiger partial charge in [0, 0.05) is 19.5 Å². The Morgan fingerprint density at radius 1 is 1.44 bits per heavy atom. The highest BCUT2D eigenvalue weighted by Crippen LogP contribution is 2.27. The van der Waals surface area contributed by atoms with Crippen LogP contribution in [0, 0.1) is 10.6 Å². The Morgan fingerprint density at radius 2 is 2.20 bits per heavy atom. The summed E-state index contributed by atoms with van der Waals surface area (Å²) < 4.78 is 40.8. The van der Waals surface area contributed by atoms with Gasteiger partial charge in [0.05, 0.1) is 18.2 Å². The number of rotatable bonds is 5. The van der Waals surface area contributed by atoms with Gasteiger partial charge in [-0.2, -0.15) is 5.10 Å². The lowest BCUT2D eigenvalue weighted by Crippen LogP contribution is -2.22. The van der Waals surface area contributed by atoms with Crippen LogP contribution in [-0.2, 0) is 30.1 Å². The van der Waals surface area contributed by atoms with Crippen LogP contribution in [0.15, 0.2) is 24.3 Å². The van der Waals surface area contributed by atoms with E-state index in [-0.39, 0.29) is 23.2 Å². The zero-order chi connectivity index (χ0) is 18.2. The molecular weight excluding hydrogens is 363 g/mol. The molecule has 0 spiro atoms. The maximum Gasteiger partial charge on any atom is 0.198 e. The fourth-order valence-electron chi connectivity index (χ4n) is 3.18. The molecule has 25 heavy (non-hydrogen) atoms. The molecular formula is C16H21FN4O2S2. The zero-order valence-electron chi connectivity index (χ0n) is 14.2. The van der Waals surface area contributed by atoms with Gasteiger partial charge in [-0.1, -0.05) is 12.1 Å². The third-order valence-corrected chi connectivity index (χ3v) is 6.64. The Morgan fingerprint density at radius 3 is 2.84 bits per heavy atom. The molecule has 6 nitrogen and oxygen atoms in total. The van der Waals surface area contributed by atoms with Crippen LogP contribution in [0.25, 0.3) is 0 Å². The molecule has 0 aliphatic carbocycles. The van der Waals surface area contributed by atoms with E-state index in [2.05, 4.69) is 5.10 Å². The summed E-state index contributed by atoms with van der Waals surface area (Å²) >= 11 is 5.44. The van der Waals surface area contributed by atoms with Crippen molar-refractivity contribution >= 4 is 22.1 Å². The van der Waals surface area contributed by atoms with Crippen molar-refractivity contribution in [3.63, 3.8) is 0 Å². The summed E-state index contributed by atoms with van der Waals surface area (Å²) in [5, 5.41) is 4.55. The number of benzene rings is 1. The van der Waals surface area contributed by atoms with Crippen LogP contribution in [0.2, 0.25) is 0 Å². The molecule has 3 rings (SSSR count). The first kappa shape index (κ1) is 18.2. The molecule has 2 aromatic rings. The van der Waals surface area contributed by atoms with Gasteiger partial charge in [-0.25, -0.2) is 17.5 Å². The predicted molar refractivity (Wildman–Crippen MR) is 95.9 cm³/mol. The number of hydrogen-bond donors (Lipinski definition) is 0. The second-order valence-electron chi connectivity index (χ2n) is 6.58. The van der Waals surface area contributed by atoms with Gasteiger partial charge in [0.25, 0.3) is 0 Å². The third kappa shape index (κ3) is 4.16. The van der Waals surface area contributed by atoms with Crippen LogP contribution in [0.1, 0.15) is 23.7 Å². The Kier molecular flexibility index (Phi) is 5.08. The van der Waals surface area contributed by atoms with Gasteiger partial charge < -0.3 is 4.57 Å². The Hall–Kier alpha value is -1.58. The van der Waals surface area contributed by atoms with E-state index in [0.29, 0.717) is 30.2 Å². The first-order valence-corrected chi connectivity index (χ1v) is 10.3. The molecule has 1 aliphatic rings. The topological polar surface area (TPSA) is 60.1 Å². The minimum atomic E-state index is -2.97. The summed E-state index contributed by atoms with van der Waals surface area (Å²) in [7, 11) is 0.748. The van der Waals surface area contributed by atoms with Crippen LogP contribution in [-0.4, -0.2) is 46.2 Å². The van der Waals surface area contributed by atoms with Crippen molar-refractivity contribution in [2.45, 2.75) is 25.6 Å². The van der Waals surface area contributed by atoms with Crippen molar-refractivity contribution in [2.75, 3.05) is 18.6 Å². The van der Waals surface area contributed by atoms with Crippen molar-refractivity contribution in [1.82, 2.24) is 19.2 Å². The number of aromatic nitrogens is 3. The van der Waals surface area contributed by atoms with Crippen LogP contribution >= 0.6 is 12.2 Å². The quantitative estimate of drug-likeness (QED) is 0.739. The van der Waals surface area contributed by atoms with E-state index in [9.17, 15) is 12.8 Å². The molecule has 0 N–H and O–H groups in total. The van der Waals surface area contributed by atoms with Crippen molar-refractivity contribution in [3.8, 4) is 0 Å². The molecule has 1 atom stereocenters. The smallest absolute Gasteiger partial charge is 0.198 e. The number of halogens is 1. The maximum atomic E-state index is 13.3. The van der Waals surface area contributed by atoms with E-state index < -0.39 is 9.84 Å². The molecule has 1 saturated heterocycles. The largest absolute Gasteiger partial charge is 0.307 e. The van der Waals surface area contributed by atoms with Gasteiger partial charge >= 0.3 is 0 Å². The molecule has 0 saturated carbocycles. The monoisotopic (exact) mass is 384 g/mol. The van der Waals surface area contributed by atoms with Gasteiger partial charge in [-0.05, 0) is 43.4 Å². The van der Waals surface area contributed by atoms with E-state index in [1.54, 1.807) is 15.3 Å². The van der Waals surface area contributed by atoms with Gasteiger partial charge in [-0.3, -0.25) is 4.90 Å². The summed E-state index contributed by atoms with van der Waals surface area (Å²) in [6.45, 7) is 1.01. The molecule has 1 fully saturated rings. The molecule has 2 heterocycles. The molecule has 1 aromatic carbocycles. The second-order valence-corrected chi connectivity index (χ2v) is 9.18. The van der Waals surface area contributed by atoms with E-state index in [4.69, 9.17) is 12.2 Å². The van der Waals surface area contributed by atoms with Gasteiger partial charge in [-0.15, -0.1) is 0 Å². The normalized spacial score (nSPS) is 19.6. The van der Waals surface area contributed by atoms with Gasteiger partial charge in [0.1, 0.15) is 11.6 Å². The Labute approximate surface area is 151 Å². The lowest BCUT2D eigenvalue weighted by Gasteiger charge is -2.16. The molecule has 0 amide bonds. The van der Waals surface area contributed by atoms with E-state index in [0.717, 1.165) is 5.56 Å². The molecule has 136 valence electrons. The fourth-order valence-corrected chi connectivity index (χ4v) is 5.11. The lowest BCUT2D eigenvalue weighted by atomic mass is 10.1. The van der Waals surface area contributed by atoms with Gasteiger partial charge in [0.15, 0.2) is 14.6 Å². The highest BCUT2D eigenvalue weighted by atomic mass is 32.2. The molecule has 1 aromatic heterocycles. The average molecular weight is 385 g/mol. The molecule has 1 aliphatic heterocycles. The van der Waals surface area contributed by atoms with Crippen LogP contribution in [0.3, 0.4) is 0 Å². The highest BCUT2D eigenvalue weighted by molar-refractivity contribution is 7.91. The molecule has 0 unspecified atom stereocenters. The van der Waals surface area contributed by atoms with Crippen LogP contribution in [0.4, 0.5) is 4.39 Å². The van der Waals surface area contributed by atoms with Crippen molar-refractivity contribution in [3.05, 3.63) is 46.2 Å². The average Bonchev–Trinajstić information content (AvgIpc) is 3.01. The predicted octanol–water partition coefficient (Wildman–Crippen LogP) is 2.08. The summed E-state index contributed by atoms with van der Waals surface area (Å²) in [6.07, 6.45) is 0.584. The second kappa shape index (κ2) is 6.97. The first-order valence-electron chi connectivity index (χ1n) is 8.02. The Bertz CT molecular complexity index is 936. The van der Waals surface area contributed by atoms with E-state index in [1.807, 2.05) is 25.1 Å². The summed E-state index contributed by atoms with van der Waals surface area (Å²) in [4.78, 5) is 1.98. The SMILES string of the molecule is CN(Cc1cccc(F)c1)Cn1nc([C@@H]2CCS(=O)(=O)C2)n(C)c1=S. The van der Waals surface area contributed by atoms with Crippen molar-refractivity contribution < 1.29 is 12.8 Å². The molecule has 0 radical (unpaired) electrons. The third-order valence-electron chi connectivity index (χ3n) is 4.39.